The predicted molar refractivity (Wildman–Crippen MR) is 119 cm³/mol. The molecule has 1 N–H and O–H groups in total. The molecule has 11 heteroatoms. The monoisotopic (exact) mass is 489 g/mol. The molecule has 2 fully saturated rings. The molecule has 0 spiro atoms. The van der Waals surface area contributed by atoms with Crippen LogP contribution >= 0.6 is 0 Å². The highest BCUT2D eigenvalue weighted by atomic mass is 32.2. The van der Waals surface area contributed by atoms with Gasteiger partial charge in [0.2, 0.25) is 0 Å². The van der Waals surface area contributed by atoms with E-state index in [4.69, 9.17) is 9.47 Å². The van der Waals surface area contributed by atoms with Crippen molar-refractivity contribution >= 4 is 16.3 Å². The van der Waals surface area contributed by atoms with E-state index in [1.807, 2.05) is 6.92 Å². The predicted octanol–water partition coefficient (Wildman–Crippen LogP) is 3.00. The van der Waals surface area contributed by atoms with E-state index in [9.17, 15) is 22.0 Å². The van der Waals surface area contributed by atoms with E-state index in [-0.39, 0.29) is 24.7 Å². The Bertz CT molecular complexity index is 938. The molecule has 1 aliphatic heterocycles. The van der Waals surface area contributed by atoms with E-state index in [1.54, 1.807) is 0 Å². The number of benzene rings is 1. The van der Waals surface area contributed by atoms with Crippen LogP contribution in [-0.2, 0) is 19.7 Å². The number of carbonyl (C=O) groups is 1. The number of hydrogen-bond donors (Lipinski definition) is 1. The van der Waals surface area contributed by atoms with Gasteiger partial charge in [0.25, 0.3) is 10.2 Å². The largest absolute Gasteiger partial charge is 0.453 e. The highest BCUT2D eigenvalue weighted by Crippen LogP contribution is 2.36. The first-order valence-corrected chi connectivity index (χ1v) is 12.6. The number of halogens is 2. The van der Waals surface area contributed by atoms with Crippen molar-refractivity contribution in [2.45, 2.75) is 69.2 Å². The Kier molecular flexibility index (Phi) is 8.31. The molecule has 1 heterocycles. The second-order valence-electron chi connectivity index (χ2n) is 9.01. The molecule has 1 saturated carbocycles. The molecule has 0 unspecified atom stereocenters. The molecular weight excluding hydrogens is 456 g/mol. The number of likely N-dealkylation sites (tertiary alicyclic amines) is 1. The van der Waals surface area contributed by atoms with Crippen LogP contribution in [0, 0.1) is 11.6 Å². The summed E-state index contributed by atoms with van der Waals surface area (Å²) in [6, 6.07) is 2.25. The van der Waals surface area contributed by atoms with Crippen LogP contribution in [0.5, 0.6) is 0 Å². The fourth-order valence-electron chi connectivity index (χ4n) is 4.80. The third kappa shape index (κ3) is 6.00. The zero-order valence-corrected chi connectivity index (χ0v) is 20.3. The first kappa shape index (κ1) is 25.8. The summed E-state index contributed by atoms with van der Waals surface area (Å²) < 4.78 is 67.2. The summed E-state index contributed by atoms with van der Waals surface area (Å²) in [4.78, 5) is 13.9. The highest BCUT2D eigenvalue weighted by Gasteiger charge is 2.44. The summed E-state index contributed by atoms with van der Waals surface area (Å²) in [7, 11) is 0.459. The molecule has 0 aromatic heterocycles. The molecule has 1 saturated heterocycles. The zero-order valence-electron chi connectivity index (χ0n) is 19.5. The number of methoxy groups -OCH3 is 1. The Balaban J connectivity index is 1.64. The van der Waals surface area contributed by atoms with Gasteiger partial charge in [-0.05, 0) is 68.7 Å². The summed E-state index contributed by atoms with van der Waals surface area (Å²) in [6.07, 6.45) is 2.42. The lowest BCUT2D eigenvalue weighted by Crippen LogP contribution is -2.52. The average Bonchev–Trinajstić information content (AvgIpc) is 3.07. The Hall–Kier alpha value is -1.82. The van der Waals surface area contributed by atoms with Gasteiger partial charge in [-0.2, -0.15) is 17.4 Å². The van der Waals surface area contributed by atoms with Gasteiger partial charge >= 0.3 is 6.09 Å². The molecule has 0 radical (unpaired) electrons. The average molecular weight is 490 g/mol. The summed E-state index contributed by atoms with van der Waals surface area (Å²) in [5.74, 6) is -0.919. The summed E-state index contributed by atoms with van der Waals surface area (Å²) in [6.45, 7) is 1.98. The van der Waals surface area contributed by atoms with Gasteiger partial charge in [0, 0.05) is 26.2 Å². The van der Waals surface area contributed by atoms with Crippen molar-refractivity contribution in [3.8, 4) is 0 Å². The van der Waals surface area contributed by atoms with Crippen molar-refractivity contribution < 1.29 is 31.5 Å². The molecule has 1 aromatic carbocycles. The van der Waals surface area contributed by atoms with E-state index >= 15 is 0 Å². The van der Waals surface area contributed by atoms with Crippen LogP contribution < -0.4 is 4.72 Å². The van der Waals surface area contributed by atoms with Gasteiger partial charge in [0.05, 0.1) is 25.9 Å². The summed E-state index contributed by atoms with van der Waals surface area (Å²) in [5, 5.41) is 0. The summed E-state index contributed by atoms with van der Waals surface area (Å²) in [5.41, 5.74) is 0.396. The third-order valence-electron chi connectivity index (χ3n) is 6.63. The zero-order chi connectivity index (χ0) is 24.3. The number of amides is 1. The van der Waals surface area contributed by atoms with E-state index in [2.05, 4.69) is 4.72 Å². The quantitative estimate of drug-likeness (QED) is 0.636. The van der Waals surface area contributed by atoms with Crippen molar-refractivity contribution in [1.82, 2.24) is 13.9 Å². The van der Waals surface area contributed by atoms with Crippen LogP contribution in [0.1, 0.15) is 50.5 Å². The fraction of sp³-hybridized carbons (Fsp3) is 0.682. The normalized spacial score (nSPS) is 28.3. The molecule has 2 aliphatic rings. The molecule has 0 bridgehead atoms. The lowest BCUT2D eigenvalue weighted by molar-refractivity contribution is -0.00878. The van der Waals surface area contributed by atoms with Gasteiger partial charge in [0.15, 0.2) is 0 Å². The molecule has 3 atom stereocenters. The minimum absolute atomic E-state index is 0.0710. The maximum absolute atomic E-state index is 14.1. The maximum atomic E-state index is 14.1. The lowest BCUT2D eigenvalue weighted by atomic mass is 9.82. The number of nitrogens with zero attached hydrogens (tertiary/aromatic N) is 2. The van der Waals surface area contributed by atoms with E-state index < -0.39 is 40.0 Å². The second kappa shape index (κ2) is 10.6. The number of carbonyl (C=O) groups excluding carboxylic acids is 1. The number of hydrogen-bond acceptors (Lipinski definition) is 5. The molecule has 33 heavy (non-hydrogen) atoms. The number of ether oxygens (including phenoxy) is 2. The van der Waals surface area contributed by atoms with Gasteiger partial charge < -0.3 is 9.47 Å². The first-order valence-electron chi connectivity index (χ1n) is 11.2. The van der Waals surface area contributed by atoms with Crippen LogP contribution in [0.15, 0.2) is 18.2 Å². The van der Waals surface area contributed by atoms with Gasteiger partial charge in [-0.15, -0.1) is 0 Å². The minimum atomic E-state index is -3.70. The van der Waals surface area contributed by atoms with Crippen molar-refractivity contribution in [3.63, 3.8) is 0 Å². The van der Waals surface area contributed by atoms with Crippen molar-refractivity contribution in [2.75, 3.05) is 27.8 Å². The molecule has 186 valence electrons. The van der Waals surface area contributed by atoms with Crippen molar-refractivity contribution in [1.29, 1.82) is 0 Å². The molecule has 1 aromatic rings. The van der Waals surface area contributed by atoms with Gasteiger partial charge in [-0.1, -0.05) is 0 Å². The summed E-state index contributed by atoms with van der Waals surface area (Å²) >= 11 is 0. The smallest absolute Gasteiger partial charge is 0.410 e. The topological polar surface area (TPSA) is 88.2 Å². The van der Waals surface area contributed by atoms with Crippen LogP contribution in [0.2, 0.25) is 0 Å². The Morgan fingerprint density at radius 2 is 1.88 bits per heavy atom. The Morgan fingerprint density at radius 1 is 1.21 bits per heavy atom. The first-order chi connectivity index (χ1) is 15.5. The number of nitrogens with one attached hydrogen (secondary N) is 1. The van der Waals surface area contributed by atoms with Crippen LogP contribution in [0.3, 0.4) is 0 Å². The standard InChI is InChI=1S/C22H33F2N3O5S/c1-14-11-20(25-33(29,30)26(2)3)21(27(14)22(28)31-4)13-32-17-8-5-15(6-9-17)18-12-16(23)7-10-19(18)24/h7,10,12,14-15,17,20-21,25H,5-6,8-9,11,13H2,1-4H3/t14-,15-,17+,20+,21+/m1/s1. The van der Waals surface area contributed by atoms with Gasteiger partial charge in [0.1, 0.15) is 11.6 Å². The number of rotatable bonds is 7. The van der Waals surface area contributed by atoms with Crippen molar-refractivity contribution in [2.24, 2.45) is 0 Å². The van der Waals surface area contributed by atoms with Gasteiger partial charge in [-0.3, -0.25) is 4.90 Å². The van der Waals surface area contributed by atoms with Crippen LogP contribution in [0.4, 0.5) is 13.6 Å². The molecule has 3 rings (SSSR count). The third-order valence-corrected chi connectivity index (χ3v) is 8.19. The Morgan fingerprint density at radius 3 is 2.48 bits per heavy atom. The molecule has 1 amide bonds. The van der Waals surface area contributed by atoms with Crippen LogP contribution in [-0.4, -0.2) is 75.8 Å². The molecular formula is C22H33F2N3O5S. The Labute approximate surface area is 194 Å². The van der Waals surface area contributed by atoms with E-state index in [0.717, 1.165) is 16.4 Å². The highest BCUT2D eigenvalue weighted by molar-refractivity contribution is 7.87. The van der Waals surface area contributed by atoms with Crippen LogP contribution in [0.25, 0.3) is 0 Å². The van der Waals surface area contributed by atoms with Crippen molar-refractivity contribution in [3.05, 3.63) is 35.4 Å². The van der Waals surface area contributed by atoms with E-state index in [1.165, 1.54) is 32.2 Å². The lowest BCUT2D eigenvalue weighted by Gasteiger charge is -2.33. The SMILES string of the molecule is COC(=O)N1[C@H](C)C[C@H](NS(=O)(=O)N(C)C)[C@@H]1CO[C@H]1CC[C@@H](c2cc(F)ccc2F)CC1. The second-order valence-corrected chi connectivity index (χ2v) is 10.9. The molecule has 8 nitrogen and oxygen atoms in total. The molecule has 1 aliphatic carbocycles. The minimum Gasteiger partial charge on any atom is -0.453 e. The maximum Gasteiger partial charge on any atom is 0.410 e. The fourth-order valence-corrected chi connectivity index (χ4v) is 5.65. The van der Waals surface area contributed by atoms with E-state index in [0.29, 0.717) is 37.7 Å². The van der Waals surface area contributed by atoms with Gasteiger partial charge in [-0.25, -0.2) is 13.6 Å².